The van der Waals surface area contributed by atoms with Crippen LogP contribution in [0.3, 0.4) is 0 Å². The fourth-order valence-electron chi connectivity index (χ4n) is 2.95. The van der Waals surface area contributed by atoms with Gasteiger partial charge in [-0.2, -0.15) is 0 Å². The van der Waals surface area contributed by atoms with Gasteiger partial charge in [-0.25, -0.2) is 24.1 Å². The van der Waals surface area contributed by atoms with E-state index in [1.165, 1.54) is 9.47 Å². The first-order valence-electron chi connectivity index (χ1n) is 9.14. The van der Waals surface area contributed by atoms with E-state index in [1.54, 1.807) is 19.2 Å². The molecule has 2 heterocycles. The lowest BCUT2D eigenvalue weighted by molar-refractivity contribution is 0.212. The highest BCUT2D eigenvalue weighted by atomic mass is 35.5. The van der Waals surface area contributed by atoms with Crippen LogP contribution in [0.5, 0.6) is 0 Å². The van der Waals surface area contributed by atoms with Gasteiger partial charge in [0.1, 0.15) is 11.3 Å². The fraction of sp³-hybridized carbons (Fsp3) is 0.368. The lowest BCUT2D eigenvalue weighted by Crippen LogP contribution is -2.38. The number of hydrogen-bond donors (Lipinski definition) is 1. The van der Waals surface area contributed by atoms with Crippen molar-refractivity contribution in [2.24, 2.45) is 0 Å². The largest absolute Gasteiger partial charge is 0.382 e. The van der Waals surface area contributed by atoms with Gasteiger partial charge in [0.2, 0.25) is 0 Å². The number of aryl methyl sites for hydroxylation is 1. The molecule has 1 amide bonds. The zero-order chi connectivity index (χ0) is 20.4. The first-order chi connectivity index (χ1) is 13.4. The molecule has 0 aliphatic carbocycles. The Morgan fingerprint density at radius 3 is 2.50 bits per heavy atom. The van der Waals surface area contributed by atoms with E-state index in [1.807, 2.05) is 26.0 Å². The summed E-state index contributed by atoms with van der Waals surface area (Å²) in [6.07, 6.45) is 1.47. The molecular formula is C19H23ClN6O2. The molecule has 0 spiro atoms. The maximum absolute atomic E-state index is 13.2. The minimum absolute atomic E-state index is 0.123. The summed E-state index contributed by atoms with van der Waals surface area (Å²) in [5.41, 5.74) is 7.11. The van der Waals surface area contributed by atoms with Crippen LogP contribution in [0.25, 0.3) is 11.2 Å². The summed E-state index contributed by atoms with van der Waals surface area (Å²) in [5.74, 6) is 0.670. The second kappa shape index (κ2) is 8.02. The number of aromatic nitrogens is 4. The Labute approximate surface area is 167 Å². The van der Waals surface area contributed by atoms with Crippen LogP contribution >= 0.6 is 11.6 Å². The summed E-state index contributed by atoms with van der Waals surface area (Å²) in [5, 5.41) is 0.607. The van der Waals surface area contributed by atoms with E-state index in [0.717, 1.165) is 16.6 Å². The van der Waals surface area contributed by atoms with Gasteiger partial charge in [0.25, 0.3) is 0 Å². The van der Waals surface area contributed by atoms with Gasteiger partial charge >= 0.3 is 11.7 Å². The molecular weight excluding hydrogens is 380 g/mol. The molecule has 0 atom stereocenters. The van der Waals surface area contributed by atoms with Crippen molar-refractivity contribution in [1.29, 1.82) is 0 Å². The molecule has 0 saturated heterocycles. The van der Waals surface area contributed by atoms with E-state index >= 15 is 0 Å². The van der Waals surface area contributed by atoms with Crippen molar-refractivity contribution in [2.45, 2.75) is 33.2 Å². The highest BCUT2D eigenvalue weighted by molar-refractivity contribution is 6.30. The highest BCUT2D eigenvalue weighted by Gasteiger charge is 2.25. The van der Waals surface area contributed by atoms with Gasteiger partial charge in [-0.1, -0.05) is 30.7 Å². The molecule has 0 saturated carbocycles. The van der Waals surface area contributed by atoms with Crippen LogP contribution in [0.1, 0.15) is 31.7 Å². The van der Waals surface area contributed by atoms with Crippen molar-refractivity contribution in [3.63, 3.8) is 0 Å². The third-order valence-corrected chi connectivity index (χ3v) is 4.81. The molecule has 0 aliphatic rings. The van der Waals surface area contributed by atoms with E-state index < -0.39 is 11.7 Å². The van der Waals surface area contributed by atoms with Crippen LogP contribution in [0.4, 0.5) is 10.6 Å². The summed E-state index contributed by atoms with van der Waals surface area (Å²) < 4.78 is 2.51. The molecule has 0 unspecified atom stereocenters. The Kier molecular flexibility index (Phi) is 5.69. The van der Waals surface area contributed by atoms with Crippen molar-refractivity contribution in [2.75, 3.05) is 19.3 Å². The molecule has 0 bridgehead atoms. The Hall–Kier alpha value is -2.87. The number of nitrogen functional groups attached to an aromatic ring is 1. The van der Waals surface area contributed by atoms with Crippen molar-refractivity contribution in [1.82, 2.24) is 24.0 Å². The predicted octanol–water partition coefficient (Wildman–Crippen LogP) is 2.75. The molecule has 0 fully saturated rings. The standard InChI is InChI=1S/C19H23ClN6O2/c1-4-6-14-22-16(21)15-17(23-14)25(11-12-7-9-13(20)10-8-12)19(28)26(15)18(27)24(3)5-2/h7-10H,4-6,11H2,1-3H3,(H2,21,22,23). The van der Waals surface area contributed by atoms with Gasteiger partial charge in [-0.3, -0.25) is 4.57 Å². The maximum atomic E-state index is 13.2. The topological polar surface area (TPSA) is 99.0 Å². The van der Waals surface area contributed by atoms with Gasteiger partial charge in [0, 0.05) is 25.0 Å². The smallest absolute Gasteiger partial charge is 0.339 e. The van der Waals surface area contributed by atoms with E-state index in [-0.39, 0.29) is 17.9 Å². The predicted molar refractivity (Wildman–Crippen MR) is 110 cm³/mol. The van der Waals surface area contributed by atoms with E-state index in [2.05, 4.69) is 9.97 Å². The number of carbonyl (C=O) groups is 1. The third kappa shape index (κ3) is 3.60. The molecule has 0 radical (unpaired) electrons. The van der Waals surface area contributed by atoms with Gasteiger partial charge in [-0.15, -0.1) is 0 Å². The van der Waals surface area contributed by atoms with Crippen molar-refractivity contribution in [3.8, 4) is 0 Å². The van der Waals surface area contributed by atoms with Crippen molar-refractivity contribution in [3.05, 3.63) is 51.2 Å². The molecule has 148 valence electrons. The van der Waals surface area contributed by atoms with Crippen LogP contribution < -0.4 is 11.4 Å². The summed E-state index contributed by atoms with van der Waals surface area (Å²) in [4.78, 5) is 36.3. The molecule has 2 aromatic heterocycles. The highest BCUT2D eigenvalue weighted by Crippen LogP contribution is 2.20. The Morgan fingerprint density at radius 1 is 1.21 bits per heavy atom. The van der Waals surface area contributed by atoms with Crippen molar-refractivity contribution < 1.29 is 4.79 Å². The molecule has 2 N–H and O–H groups in total. The lowest BCUT2D eigenvalue weighted by atomic mass is 10.2. The monoisotopic (exact) mass is 402 g/mol. The lowest BCUT2D eigenvalue weighted by Gasteiger charge is -2.14. The molecule has 28 heavy (non-hydrogen) atoms. The number of nitrogens with two attached hydrogens (primary N) is 1. The van der Waals surface area contributed by atoms with Crippen LogP contribution in [0.15, 0.2) is 29.1 Å². The Morgan fingerprint density at radius 2 is 1.89 bits per heavy atom. The quantitative estimate of drug-likeness (QED) is 0.707. The van der Waals surface area contributed by atoms with Crippen LogP contribution in [-0.2, 0) is 13.0 Å². The minimum Gasteiger partial charge on any atom is -0.382 e. The number of anilines is 1. The SMILES string of the molecule is CCCc1nc(N)c2c(n1)n(Cc1ccc(Cl)cc1)c(=O)n2C(=O)N(C)CC. The summed E-state index contributed by atoms with van der Waals surface area (Å²) >= 11 is 5.95. The third-order valence-electron chi connectivity index (χ3n) is 4.56. The molecule has 1 aromatic carbocycles. The zero-order valence-corrected chi connectivity index (χ0v) is 16.9. The fourth-order valence-corrected chi connectivity index (χ4v) is 3.08. The van der Waals surface area contributed by atoms with Crippen LogP contribution in [0.2, 0.25) is 5.02 Å². The molecule has 3 rings (SSSR count). The van der Waals surface area contributed by atoms with Gasteiger partial charge in [0.15, 0.2) is 11.5 Å². The number of rotatable bonds is 5. The molecule has 0 aliphatic heterocycles. The summed E-state index contributed by atoms with van der Waals surface area (Å²) in [7, 11) is 1.62. The van der Waals surface area contributed by atoms with E-state index in [4.69, 9.17) is 17.3 Å². The first kappa shape index (κ1) is 19.9. The Balaban J connectivity index is 2.25. The number of nitrogens with zero attached hydrogens (tertiary/aromatic N) is 5. The number of amides is 1. The number of imidazole rings is 1. The van der Waals surface area contributed by atoms with E-state index in [0.29, 0.717) is 29.5 Å². The second-order valence-electron chi connectivity index (χ2n) is 6.57. The van der Waals surface area contributed by atoms with Gasteiger partial charge in [0.05, 0.1) is 6.54 Å². The average Bonchev–Trinajstić information content (AvgIpc) is 2.95. The summed E-state index contributed by atoms with van der Waals surface area (Å²) in [6.45, 7) is 4.53. The normalized spacial score (nSPS) is 11.1. The minimum atomic E-state index is -0.495. The van der Waals surface area contributed by atoms with Gasteiger partial charge in [-0.05, 0) is 31.0 Å². The van der Waals surface area contributed by atoms with Crippen molar-refractivity contribution >= 4 is 34.6 Å². The van der Waals surface area contributed by atoms with Gasteiger partial charge < -0.3 is 10.6 Å². The Bertz CT molecular complexity index is 1070. The molecule has 3 aromatic rings. The average molecular weight is 403 g/mol. The number of carbonyl (C=O) groups excluding carboxylic acids is 1. The van der Waals surface area contributed by atoms with Crippen LogP contribution in [-0.4, -0.2) is 43.6 Å². The molecule has 8 nitrogen and oxygen atoms in total. The second-order valence-corrected chi connectivity index (χ2v) is 7.01. The first-order valence-corrected chi connectivity index (χ1v) is 9.52. The molecule has 9 heteroatoms. The van der Waals surface area contributed by atoms with Crippen LogP contribution in [0, 0.1) is 0 Å². The number of halogens is 1. The maximum Gasteiger partial charge on any atom is 0.339 e. The summed E-state index contributed by atoms with van der Waals surface area (Å²) in [6, 6.07) is 6.70. The number of hydrogen-bond acceptors (Lipinski definition) is 5. The zero-order valence-electron chi connectivity index (χ0n) is 16.1. The number of fused-ring (bicyclic) bond motifs is 1. The van der Waals surface area contributed by atoms with E-state index in [9.17, 15) is 9.59 Å². The number of benzene rings is 1.